The molecule has 22 heavy (non-hydrogen) atoms. The van der Waals surface area contributed by atoms with Gasteiger partial charge in [0.25, 0.3) is 0 Å². The van der Waals surface area contributed by atoms with Crippen molar-refractivity contribution < 1.29 is 19.1 Å². The normalized spacial score (nSPS) is 22.8. The van der Waals surface area contributed by atoms with Crippen LogP contribution in [0.2, 0.25) is 0 Å². The van der Waals surface area contributed by atoms with Crippen LogP contribution in [-0.2, 0) is 19.1 Å². The van der Waals surface area contributed by atoms with Crippen molar-refractivity contribution in [3.05, 3.63) is 48.6 Å². The monoisotopic (exact) mass is 304 g/mol. The zero-order valence-corrected chi connectivity index (χ0v) is 13.2. The standard InChI is InChI=1S/C18H24O4/c1-3-5-7-9-17(19)21-15-11-13-16(14-12-15)22-18(20)10-8-6-4-2/h3-10,15-16H,11-14H2,1-2H3/b5-3+,6-4+,9-7+,10-8+. The Morgan fingerprint density at radius 3 is 1.41 bits per heavy atom. The van der Waals surface area contributed by atoms with Gasteiger partial charge in [-0.05, 0) is 39.5 Å². The van der Waals surface area contributed by atoms with Crippen LogP contribution in [0.4, 0.5) is 0 Å². The second-order valence-corrected chi connectivity index (χ2v) is 5.04. The number of ether oxygens (including phenoxy) is 2. The van der Waals surface area contributed by atoms with Gasteiger partial charge in [0.1, 0.15) is 12.2 Å². The average Bonchev–Trinajstić information content (AvgIpc) is 2.50. The first-order chi connectivity index (χ1) is 10.7. The molecule has 1 aliphatic rings. The van der Waals surface area contributed by atoms with Crippen LogP contribution >= 0.6 is 0 Å². The fourth-order valence-corrected chi connectivity index (χ4v) is 2.17. The molecule has 1 aliphatic carbocycles. The van der Waals surface area contributed by atoms with Crippen molar-refractivity contribution >= 4 is 11.9 Å². The van der Waals surface area contributed by atoms with Crippen LogP contribution in [0.3, 0.4) is 0 Å². The Labute approximate surface area is 132 Å². The third kappa shape index (κ3) is 7.62. The van der Waals surface area contributed by atoms with E-state index in [1.165, 1.54) is 12.2 Å². The lowest BCUT2D eigenvalue weighted by Gasteiger charge is -2.27. The van der Waals surface area contributed by atoms with Crippen LogP contribution in [0.25, 0.3) is 0 Å². The molecule has 120 valence electrons. The van der Waals surface area contributed by atoms with E-state index in [-0.39, 0.29) is 24.1 Å². The topological polar surface area (TPSA) is 52.6 Å². The molecule has 0 amide bonds. The summed E-state index contributed by atoms with van der Waals surface area (Å²) in [6.07, 6.45) is 16.1. The molecule has 0 radical (unpaired) electrons. The van der Waals surface area contributed by atoms with E-state index in [0.717, 1.165) is 25.7 Å². The number of carbonyl (C=O) groups is 2. The molecule has 0 unspecified atom stereocenters. The van der Waals surface area contributed by atoms with Crippen LogP contribution in [-0.4, -0.2) is 24.1 Å². The fourth-order valence-electron chi connectivity index (χ4n) is 2.17. The molecule has 4 nitrogen and oxygen atoms in total. The molecule has 0 atom stereocenters. The molecule has 4 heteroatoms. The van der Waals surface area contributed by atoms with E-state index >= 15 is 0 Å². The van der Waals surface area contributed by atoms with Gasteiger partial charge in [0.05, 0.1) is 0 Å². The largest absolute Gasteiger partial charge is 0.459 e. The van der Waals surface area contributed by atoms with Crippen molar-refractivity contribution in [1.29, 1.82) is 0 Å². The van der Waals surface area contributed by atoms with Crippen LogP contribution < -0.4 is 0 Å². The van der Waals surface area contributed by atoms with Crippen molar-refractivity contribution in [1.82, 2.24) is 0 Å². The zero-order chi connectivity index (χ0) is 16.2. The summed E-state index contributed by atoms with van der Waals surface area (Å²) in [7, 11) is 0. The van der Waals surface area contributed by atoms with Gasteiger partial charge in [-0.15, -0.1) is 0 Å². The molecular formula is C18H24O4. The van der Waals surface area contributed by atoms with E-state index in [0.29, 0.717) is 0 Å². The van der Waals surface area contributed by atoms with Crippen molar-refractivity contribution in [3.63, 3.8) is 0 Å². The fraction of sp³-hybridized carbons (Fsp3) is 0.444. The van der Waals surface area contributed by atoms with Gasteiger partial charge in [-0.2, -0.15) is 0 Å². The van der Waals surface area contributed by atoms with Gasteiger partial charge < -0.3 is 9.47 Å². The first kappa shape index (κ1) is 18.0. The highest BCUT2D eigenvalue weighted by Crippen LogP contribution is 2.23. The summed E-state index contributed by atoms with van der Waals surface area (Å²) in [5, 5.41) is 0. The van der Waals surface area contributed by atoms with Gasteiger partial charge in [0.2, 0.25) is 0 Å². The maximum Gasteiger partial charge on any atom is 0.331 e. The highest BCUT2D eigenvalue weighted by atomic mass is 16.6. The molecule has 1 rings (SSSR count). The Bertz CT molecular complexity index is 419. The molecule has 0 aromatic heterocycles. The van der Waals surface area contributed by atoms with Gasteiger partial charge in [-0.1, -0.05) is 36.5 Å². The Morgan fingerprint density at radius 2 is 1.09 bits per heavy atom. The first-order valence-corrected chi connectivity index (χ1v) is 7.65. The Hall–Kier alpha value is -2.10. The predicted molar refractivity (Wildman–Crippen MR) is 86.1 cm³/mol. The molecule has 0 aliphatic heterocycles. The molecule has 0 aromatic rings. The summed E-state index contributed by atoms with van der Waals surface area (Å²) in [5.74, 6) is -0.652. The minimum Gasteiger partial charge on any atom is -0.459 e. The van der Waals surface area contributed by atoms with Gasteiger partial charge in [0, 0.05) is 12.2 Å². The molecular weight excluding hydrogens is 280 g/mol. The second-order valence-electron chi connectivity index (χ2n) is 5.04. The lowest BCUT2D eigenvalue weighted by molar-refractivity contribution is -0.151. The van der Waals surface area contributed by atoms with Gasteiger partial charge in [-0.3, -0.25) is 0 Å². The lowest BCUT2D eigenvalue weighted by Crippen LogP contribution is -2.29. The van der Waals surface area contributed by atoms with Crippen LogP contribution in [0, 0.1) is 0 Å². The second kappa shape index (κ2) is 10.6. The summed E-state index contributed by atoms with van der Waals surface area (Å²) in [6, 6.07) is 0. The highest BCUT2D eigenvalue weighted by molar-refractivity contribution is 5.82. The zero-order valence-electron chi connectivity index (χ0n) is 13.2. The van der Waals surface area contributed by atoms with E-state index in [9.17, 15) is 9.59 Å². The maximum atomic E-state index is 11.5. The quantitative estimate of drug-likeness (QED) is 0.427. The maximum absolute atomic E-state index is 11.5. The minimum atomic E-state index is -0.326. The Kier molecular flexibility index (Phi) is 8.65. The summed E-state index contributed by atoms with van der Waals surface area (Å²) in [6.45, 7) is 3.76. The van der Waals surface area contributed by atoms with E-state index in [1.54, 1.807) is 24.3 Å². The Morgan fingerprint density at radius 1 is 0.727 bits per heavy atom. The number of carbonyl (C=O) groups excluding carboxylic acids is 2. The molecule has 1 saturated carbocycles. The van der Waals surface area contributed by atoms with Crippen LogP contribution in [0.5, 0.6) is 0 Å². The summed E-state index contributed by atoms with van der Waals surface area (Å²) >= 11 is 0. The third-order valence-electron chi connectivity index (χ3n) is 3.26. The summed E-state index contributed by atoms with van der Waals surface area (Å²) in [4.78, 5) is 23.1. The smallest absolute Gasteiger partial charge is 0.331 e. The van der Waals surface area contributed by atoms with Gasteiger partial charge in [0.15, 0.2) is 0 Å². The Balaban J connectivity index is 2.28. The van der Waals surface area contributed by atoms with Crippen molar-refractivity contribution in [2.24, 2.45) is 0 Å². The molecule has 0 spiro atoms. The summed E-state index contributed by atoms with van der Waals surface area (Å²) < 4.78 is 10.7. The van der Waals surface area contributed by atoms with E-state index < -0.39 is 0 Å². The van der Waals surface area contributed by atoms with Gasteiger partial charge in [-0.25, -0.2) is 9.59 Å². The van der Waals surface area contributed by atoms with Crippen molar-refractivity contribution in [2.45, 2.75) is 51.7 Å². The van der Waals surface area contributed by atoms with Crippen LogP contribution in [0.15, 0.2) is 48.6 Å². The minimum absolute atomic E-state index is 0.0868. The van der Waals surface area contributed by atoms with Crippen LogP contribution in [0.1, 0.15) is 39.5 Å². The first-order valence-electron chi connectivity index (χ1n) is 7.65. The molecule has 0 bridgehead atoms. The van der Waals surface area contributed by atoms with E-state index in [2.05, 4.69) is 0 Å². The molecule has 0 aromatic carbocycles. The predicted octanol–water partition coefficient (Wildman–Crippen LogP) is 3.65. The third-order valence-corrected chi connectivity index (χ3v) is 3.26. The number of esters is 2. The van der Waals surface area contributed by atoms with Gasteiger partial charge >= 0.3 is 11.9 Å². The van der Waals surface area contributed by atoms with E-state index in [1.807, 2.05) is 26.0 Å². The summed E-state index contributed by atoms with van der Waals surface area (Å²) in [5.41, 5.74) is 0. The SMILES string of the molecule is C/C=C/C=C/C(=O)OC1CCC(OC(=O)/C=C/C=C/C)CC1. The molecule has 0 N–H and O–H groups in total. The van der Waals surface area contributed by atoms with Crippen molar-refractivity contribution in [2.75, 3.05) is 0 Å². The molecule has 0 heterocycles. The van der Waals surface area contributed by atoms with Crippen molar-refractivity contribution in [3.8, 4) is 0 Å². The lowest BCUT2D eigenvalue weighted by atomic mass is 9.95. The number of hydrogen-bond acceptors (Lipinski definition) is 4. The number of rotatable bonds is 6. The molecule has 1 fully saturated rings. The molecule has 0 saturated heterocycles. The highest BCUT2D eigenvalue weighted by Gasteiger charge is 2.25. The van der Waals surface area contributed by atoms with E-state index in [4.69, 9.17) is 9.47 Å². The number of allylic oxidation sites excluding steroid dienone is 6. The average molecular weight is 304 g/mol. The number of hydrogen-bond donors (Lipinski definition) is 0.